The Morgan fingerprint density at radius 1 is 1.08 bits per heavy atom. The van der Waals surface area contributed by atoms with E-state index in [0.29, 0.717) is 0 Å². The molecule has 0 bridgehead atoms. The third kappa shape index (κ3) is 3.92. The van der Waals surface area contributed by atoms with Gasteiger partial charge in [-0.15, -0.1) is 0 Å². The third-order valence-corrected chi connectivity index (χ3v) is 4.73. The fourth-order valence-electron chi connectivity index (χ4n) is 3.01. The van der Waals surface area contributed by atoms with E-state index < -0.39 is 17.4 Å². The van der Waals surface area contributed by atoms with Crippen LogP contribution >= 0.6 is 0 Å². The molecule has 134 valence electrons. The topological polar surface area (TPSA) is 96.0 Å². The van der Waals surface area contributed by atoms with Crippen LogP contribution in [-0.4, -0.2) is 17.9 Å². The maximum atomic E-state index is 13.3. The summed E-state index contributed by atoms with van der Waals surface area (Å²) in [7, 11) is 0. The standard InChI is InChI=1S/C21H23N3O2/c1-15(13-14-22)18(19(23)25)24-20(26)21(2,16-9-5-3-6-10-16)17-11-7-4-8-12-17/h3-12,15,18H,13H2,1-2H3,(H2,23,25)(H,24,26)/t15-,18+/m1/s1. The maximum Gasteiger partial charge on any atom is 0.240 e. The molecule has 0 fully saturated rings. The van der Waals surface area contributed by atoms with Crippen molar-refractivity contribution >= 4 is 11.8 Å². The van der Waals surface area contributed by atoms with Crippen LogP contribution in [0.3, 0.4) is 0 Å². The Balaban J connectivity index is 2.45. The molecule has 2 atom stereocenters. The van der Waals surface area contributed by atoms with Crippen molar-refractivity contribution in [2.75, 3.05) is 0 Å². The minimum absolute atomic E-state index is 0.126. The van der Waals surface area contributed by atoms with Gasteiger partial charge < -0.3 is 11.1 Å². The van der Waals surface area contributed by atoms with Gasteiger partial charge in [0.1, 0.15) is 6.04 Å². The van der Waals surface area contributed by atoms with Gasteiger partial charge in [-0.25, -0.2) is 0 Å². The number of hydrogen-bond acceptors (Lipinski definition) is 3. The number of hydrogen-bond donors (Lipinski definition) is 2. The van der Waals surface area contributed by atoms with Crippen LogP contribution in [0.1, 0.15) is 31.4 Å². The van der Waals surface area contributed by atoms with E-state index in [0.717, 1.165) is 11.1 Å². The Morgan fingerprint density at radius 2 is 1.54 bits per heavy atom. The molecule has 5 heteroatoms. The molecule has 0 aliphatic rings. The van der Waals surface area contributed by atoms with Crippen LogP contribution in [-0.2, 0) is 15.0 Å². The van der Waals surface area contributed by atoms with Crippen LogP contribution < -0.4 is 11.1 Å². The first-order valence-electron chi connectivity index (χ1n) is 8.49. The Kier molecular flexibility index (Phi) is 6.13. The zero-order chi connectivity index (χ0) is 19.2. The molecule has 2 aromatic rings. The molecular weight excluding hydrogens is 326 g/mol. The number of carbonyl (C=O) groups is 2. The second-order valence-electron chi connectivity index (χ2n) is 6.55. The number of benzene rings is 2. The van der Waals surface area contributed by atoms with Crippen LogP contribution in [0, 0.1) is 17.2 Å². The highest BCUT2D eigenvalue weighted by Crippen LogP contribution is 2.32. The molecule has 2 amide bonds. The smallest absolute Gasteiger partial charge is 0.240 e. The van der Waals surface area contributed by atoms with E-state index in [-0.39, 0.29) is 18.2 Å². The van der Waals surface area contributed by atoms with E-state index in [4.69, 9.17) is 11.0 Å². The first-order chi connectivity index (χ1) is 12.4. The lowest BCUT2D eigenvalue weighted by Gasteiger charge is -2.32. The summed E-state index contributed by atoms with van der Waals surface area (Å²) in [6, 6.07) is 19.9. The Hall–Kier alpha value is -3.13. The van der Waals surface area contributed by atoms with Gasteiger partial charge in [-0.05, 0) is 24.0 Å². The molecule has 0 unspecified atom stereocenters. The molecule has 2 rings (SSSR count). The predicted octanol–water partition coefficient (Wildman–Crippen LogP) is 2.51. The van der Waals surface area contributed by atoms with Crippen molar-refractivity contribution in [1.29, 1.82) is 5.26 Å². The highest BCUT2D eigenvalue weighted by molar-refractivity contribution is 5.95. The molecule has 0 saturated carbocycles. The average molecular weight is 349 g/mol. The van der Waals surface area contributed by atoms with E-state index in [1.54, 1.807) is 6.92 Å². The van der Waals surface area contributed by atoms with Gasteiger partial charge in [-0.3, -0.25) is 9.59 Å². The lowest BCUT2D eigenvalue weighted by Crippen LogP contribution is -2.54. The van der Waals surface area contributed by atoms with Crippen molar-refractivity contribution in [2.45, 2.75) is 31.7 Å². The van der Waals surface area contributed by atoms with Crippen LogP contribution in [0.25, 0.3) is 0 Å². The number of nitriles is 1. The first-order valence-corrected chi connectivity index (χ1v) is 8.49. The van der Waals surface area contributed by atoms with Gasteiger partial charge in [-0.1, -0.05) is 67.6 Å². The molecule has 5 nitrogen and oxygen atoms in total. The minimum atomic E-state index is -0.997. The van der Waals surface area contributed by atoms with Gasteiger partial charge in [0.2, 0.25) is 11.8 Å². The van der Waals surface area contributed by atoms with Crippen LogP contribution in [0.15, 0.2) is 60.7 Å². The monoisotopic (exact) mass is 349 g/mol. The van der Waals surface area contributed by atoms with E-state index >= 15 is 0 Å². The molecule has 2 aromatic carbocycles. The Morgan fingerprint density at radius 3 is 1.92 bits per heavy atom. The molecule has 0 aliphatic carbocycles. The molecule has 0 spiro atoms. The predicted molar refractivity (Wildman–Crippen MR) is 99.9 cm³/mol. The third-order valence-electron chi connectivity index (χ3n) is 4.73. The zero-order valence-corrected chi connectivity index (χ0v) is 15.0. The molecule has 0 radical (unpaired) electrons. The number of rotatable bonds is 7. The van der Waals surface area contributed by atoms with Crippen molar-refractivity contribution in [1.82, 2.24) is 5.32 Å². The van der Waals surface area contributed by atoms with Crippen LogP contribution in [0.4, 0.5) is 0 Å². The normalized spacial score (nSPS) is 13.3. The molecule has 3 N–H and O–H groups in total. The number of nitrogens with two attached hydrogens (primary N) is 1. The molecular formula is C21H23N3O2. The number of primary amides is 1. The summed E-state index contributed by atoms with van der Waals surface area (Å²) in [5.74, 6) is -1.36. The summed E-state index contributed by atoms with van der Waals surface area (Å²) in [4.78, 5) is 25.1. The van der Waals surface area contributed by atoms with Crippen molar-refractivity contribution in [3.63, 3.8) is 0 Å². The summed E-state index contributed by atoms with van der Waals surface area (Å²) in [6.45, 7) is 3.54. The quantitative estimate of drug-likeness (QED) is 0.804. The average Bonchev–Trinajstić information content (AvgIpc) is 2.66. The molecule has 0 aliphatic heterocycles. The van der Waals surface area contributed by atoms with Gasteiger partial charge in [0.15, 0.2) is 0 Å². The summed E-state index contributed by atoms with van der Waals surface area (Å²) in [5.41, 5.74) is 6.09. The second-order valence-corrected chi connectivity index (χ2v) is 6.55. The Labute approximate surface area is 153 Å². The highest BCUT2D eigenvalue weighted by atomic mass is 16.2. The van der Waals surface area contributed by atoms with Crippen LogP contribution in [0.5, 0.6) is 0 Å². The molecule has 26 heavy (non-hydrogen) atoms. The lowest BCUT2D eigenvalue weighted by atomic mass is 9.75. The number of amides is 2. The maximum absolute atomic E-state index is 13.3. The van der Waals surface area contributed by atoms with Gasteiger partial charge in [0.05, 0.1) is 11.5 Å². The number of nitrogens with zero attached hydrogens (tertiary/aromatic N) is 1. The fourth-order valence-corrected chi connectivity index (χ4v) is 3.01. The van der Waals surface area contributed by atoms with Gasteiger partial charge in [0.25, 0.3) is 0 Å². The summed E-state index contributed by atoms with van der Waals surface area (Å²) in [6.07, 6.45) is 0.126. The SMILES string of the molecule is C[C@H](CC#N)[C@H](NC(=O)C(C)(c1ccccc1)c1ccccc1)C(N)=O. The van der Waals surface area contributed by atoms with Gasteiger partial charge >= 0.3 is 0 Å². The fraction of sp³-hybridized carbons (Fsp3) is 0.286. The van der Waals surface area contributed by atoms with Gasteiger partial charge in [-0.2, -0.15) is 5.26 Å². The van der Waals surface area contributed by atoms with Crippen molar-refractivity contribution in [3.8, 4) is 6.07 Å². The van der Waals surface area contributed by atoms with E-state index in [9.17, 15) is 9.59 Å². The van der Waals surface area contributed by atoms with Crippen molar-refractivity contribution in [2.24, 2.45) is 11.7 Å². The van der Waals surface area contributed by atoms with Gasteiger partial charge in [0, 0.05) is 6.42 Å². The van der Waals surface area contributed by atoms with E-state index in [1.807, 2.05) is 73.7 Å². The molecule has 0 heterocycles. The highest BCUT2D eigenvalue weighted by Gasteiger charge is 2.39. The number of carbonyl (C=O) groups excluding carboxylic acids is 2. The van der Waals surface area contributed by atoms with E-state index in [2.05, 4.69) is 5.32 Å². The summed E-state index contributed by atoms with van der Waals surface area (Å²) >= 11 is 0. The summed E-state index contributed by atoms with van der Waals surface area (Å²) < 4.78 is 0. The van der Waals surface area contributed by atoms with Crippen molar-refractivity contribution in [3.05, 3.63) is 71.8 Å². The van der Waals surface area contributed by atoms with Crippen LogP contribution in [0.2, 0.25) is 0 Å². The minimum Gasteiger partial charge on any atom is -0.368 e. The number of nitrogens with one attached hydrogen (secondary N) is 1. The zero-order valence-electron chi connectivity index (χ0n) is 15.0. The molecule has 0 saturated heterocycles. The lowest BCUT2D eigenvalue weighted by molar-refractivity contribution is -0.130. The largest absolute Gasteiger partial charge is 0.368 e. The second kappa shape index (κ2) is 8.30. The summed E-state index contributed by atoms with van der Waals surface area (Å²) in [5, 5.41) is 11.7. The molecule has 0 aromatic heterocycles. The first kappa shape index (κ1) is 19.2. The van der Waals surface area contributed by atoms with E-state index in [1.165, 1.54) is 0 Å². The Bertz CT molecular complexity index is 758. The van der Waals surface area contributed by atoms with Crippen molar-refractivity contribution < 1.29 is 9.59 Å².